The number of ether oxygens (including phenoxy) is 1. The van der Waals surface area contributed by atoms with Gasteiger partial charge in [-0.15, -0.1) is 0 Å². The summed E-state index contributed by atoms with van der Waals surface area (Å²) in [6.45, 7) is 0.603. The largest absolute Gasteiger partial charge is 0.762 e. The molecule has 1 aromatic heterocycles. The summed E-state index contributed by atoms with van der Waals surface area (Å²) < 4.78 is 6.08. The number of hydrogen-bond acceptors (Lipinski definition) is 7. The molecule has 18 heavy (non-hydrogen) atoms. The minimum atomic E-state index is -1.17. The molecule has 9 heteroatoms. The minimum Gasteiger partial charge on any atom is -0.762 e. The molecule has 0 saturated heterocycles. The molecule has 0 aliphatic rings. The van der Waals surface area contributed by atoms with E-state index in [1.807, 2.05) is 0 Å². The van der Waals surface area contributed by atoms with E-state index in [4.69, 9.17) is 9.94 Å². The van der Waals surface area contributed by atoms with Crippen LogP contribution in [-0.2, 0) is 11.5 Å². The van der Waals surface area contributed by atoms with E-state index in [1.165, 1.54) is 13.1 Å². The molecule has 1 rings (SSSR count). The van der Waals surface area contributed by atoms with Gasteiger partial charge in [0.1, 0.15) is 6.73 Å². The zero-order valence-electron chi connectivity index (χ0n) is 9.70. The predicted molar refractivity (Wildman–Crippen MR) is 59.9 cm³/mol. The van der Waals surface area contributed by atoms with Crippen molar-refractivity contribution in [2.24, 2.45) is 0 Å². The molecule has 0 aliphatic carbocycles. The van der Waals surface area contributed by atoms with E-state index in [-0.39, 0.29) is 13.3 Å². The van der Waals surface area contributed by atoms with E-state index in [0.717, 1.165) is 4.57 Å². The van der Waals surface area contributed by atoms with Crippen molar-refractivity contribution in [2.75, 3.05) is 13.2 Å². The molecule has 0 aromatic carbocycles. The Bertz CT molecular complexity index is 494. The van der Waals surface area contributed by atoms with Crippen LogP contribution in [0.3, 0.4) is 0 Å². The van der Waals surface area contributed by atoms with Crippen LogP contribution in [0.1, 0.15) is 5.56 Å². The molecule has 0 radical (unpaired) electrons. The number of hydrogen-bond donors (Lipinski definition) is 3. The second-order valence-electron chi connectivity index (χ2n) is 3.73. The third kappa shape index (κ3) is 4.39. The first-order valence-electron chi connectivity index (χ1n) is 5.10. The second-order valence-corrected chi connectivity index (χ2v) is 3.73. The standard InChI is InChI=1S/C9H14N3O6/c1-6-2-11(9(15)10-8(6)14)5-18-4-7(13)3-12(16)17/h2,7,13,16H,3-5H2,1H3,(H,10,14,15)/q-1. The lowest BCUT2D eigenvalue weighted by Crippen LogP contribution is -2.33. The average Bonchev–Trinajstić information content (AvgIpc) is 2.24. The van der Waals surface area contributed by atoms with Gasteiger partial charge in [-0.2, -0.15) is 0 Å². The van der Waals surface area contributed by atoms with Gasteiger partial charge in [0, 0.05) is 18.3 Å². The van der Waals surface area contributed by atoms with Crippen molar-refractivity contribution in [3.63, 3.8) is 0 Å². The van der Waals surface area contributed by atoms with Crippen LogP contribution >= 0.6 is 0 Å². The third-order valence-corrected chi connectivity index (χ3v) is 2.10. The molecular formula is C9H14N3O6-. The summed E-state index contributed by atoms with van der Waals surface area (Å²) in [6.07, 6.45) is 0.145. The van der Waals surface area contributed by atoms with Gasteiger partial charge < -0.3 is 20.3 Å². The van der Waals surface area contributed by atoms with Gasteiger partial charge in [-0.1, -0.05) is 0 Å². The number of aliphatic hydroxyl groups excluding tert-OH is 1. The minimum absolute atomic E-state index is 0.183. The number of aliphatic hydroxyl groups is 1. The SMILES string of the molecule is Cc1cn(COCC(O)CN([O-])O)c(=O)[nH]c1=O. The summed E-state index contributed by atoms with van der Waals surface area (Å²) in [5.41, 5.74) is -0.758. The van der Waals surface area contributed by atoms with Gasteiger partial charge in [0.25, 0.3) is 5.56 Å². The van der Waals surface area contributed by atoms with Crippen molar-refractivity contribution in [1.29, 1.82) is 0 Å². The molecule has 102 valence electrons. The average molecular weight is 260 g/mol. The van der Waals surface area contributed by atoms with Crippen molar-refractivity contribution < 1.29 is 15.1 Å². The highest BCUT2D eigenvalue weighted by atomic mass is 16.8. The normalized spacial score (nSPS) is 12.9. The molecular weight excluding hydrogens is 246 g/mol. The van der Waals surface area contributed by atoms with Gasteiger partial charge in [-0.25, -0.2) is 4.79 Å². The Labute approximate surface area is 101 Å². The molecule has 9 nitrogen and oxygen atoms in total. The molecule has 1 aromatic rings. The quantitative estimate of drug-likeness (QED) is 0.523. The summed E-state index contributed by atoms with van der Waals surface area (Å²) in [4.78, 5) is 24.5. The summed E-state index contributed by atoms with van der Waals surface area (Å²) in [7, 11) is 0. The maximum absolute atomic E-state index is 11.3. The van der Waals surface area contributed by atoms with Crippen LogP contribution in [0.15, 0.2) is 15.8 Å². The topological polar surface area (TPSA) is 131 Å². The first kappa shape index (κ1) is 14.5. The number of hydroxylamine groups is 2. The van der Waals surface area contributed by atoms with Crippen molar-refractivity contribution in [3.05, 3.63) is 37.8 Å². The number of aryl methyl sites for hydroxylation is 1. The first-order chi connectivity index (χ1) is 8.40. The highest BCUT2D eigenvalue weighted by Crippen LogP contribution is 1.91. The van der Waals surface area contributed by atoms with E-state index in [1.54, 1.807) is 0 Å². The highest BCUT2D eigenvalue weighted by Gasteiger charge is 2.05. The van der Waals surface area contributed by atoms with E-state index < -0.39 is 29.1 Å². The van der Waals surface area contributed by atoms with Crippen molar-refractivity contribution in [2.45, 2.75) is 19.8 Å². The Balaban J connectivity index is 2.52. The molecule has 0 saturated carbocycles. The fourth-order valence-electron chi connectivity index (χ4n) is 1.23. The number of rotatable bonds is 6. The van der Waals surface area contributed by atoms with Crippen LogP contribution in [0.2, 0.25) is 0 Å². The molecule has 0 aliphatic heterocycles. The Kier molecular flexibility index (Phi) is 5.19. The van der Waals surface area contributed by atoms with Gasteiger partial charge in [0.15, 0.2) is 0 Å². The van der Waals surface area contributed by atoms with E-state index in [0.29, 0.717) is 5.56 Å². The monoisotopic (exact) mass is 260 g/mol. The summed E-state index contributed by atoms with van der Waals surface area (Å²) in [6, 6.07) is 0. The van der Waals surface area contributed by atoms with Gasteiger partial charge >= 0.3 is 5.69 Å². The third-order valence-electron chi connectivity index (χ3n) is 2.10. The van der Waals surface area contributed by atoms with Gasteiger partial charge in [0.05, 0.1) is 12.7 Å². The maximum Gasteiger partial charge on any atom is 0.330 e. The number of H-pyrrole nitrogens is 1. The number of aromatic nitrogens is 2. The lowest BCUT2D eigenvalue weighted by Gasteiger charge is -2.22. The lowest BCUT2D eigenvalue weighted by molar-refractivity contribution is -0.0882. The van der Waals surface area contributed by atoms with Crippen molar-refractivity contribution >= 4 is 0 Å². The van der Waals surface area contributed by atoms with Crippen LogP contribution in [0.4, 0.5) is 0 Å². The summed E-state index contributed by atoms with van der Waals surface area (Å²) >= 11 is 0. The molecule has 0 fully saturated rings. The van der Waals surface area contributed by atoms with E-state index >= 15 is 0 Å². The Morgan fingerprint density at radius 1 is 1.61 bits per heavy atom. The fourth-order valence-corrected chi connectivity index (χ4v) is 1.23. The second kappa shape index (κ2) is 6.42. The number of nitrogens with one attached hydrogen (secondary N) is 1. The van der Waals surface area contributed by atoms with Crippen molar-refractivity contribution in [3.8, 4) is 0 Å². The molecule has 0 spiro atoms. The summed E-state index contributed by atoms with van der Waals surface area (Å²) in [5.74, 6) is 0. The highest BCUT2D eigenvalue weighted by molar-refractivity contribution is 5.00. The van der Waals surface area contributed by atoms with Crippen LogP contribution in [0.25, 0.3) is 0 Å². The Hall–Kier alpha value is -1.52. The first-order valence-corrected chi connectivity index (χ1v) is 5.10. The molecule has 1 heterocycles. The molecule has 1 atom stereocenters. The fraction of sp³-hybridized carbons (Fsp3) is 0.556. The zero-order chi connectivity index (χ0) is 13.7. The molecule has 0 amide bonds. The van der Waals surface area contributed by atoms with Crippen LogP contribution in [0, 0.1) is 12.1 Å². The number of nitrogens with zero attached hydrogens (tertiary/aromatic N) is 2. The van der Waals surface area contributed by atoms with Crippen LogP contribution in [-0.4, -0.2) is 44.3 Å². The molecule has 1 unspecified atom stereocenters. The van der Waals surface area contributed by atoms with Crippen LogP contribution in [0.5, 0.6) is 0 Å². The molecule has 3 N–H and O–H groups in total. The Morgan fingerprint density at radius 2 is 2.28 bits per heavy atom. The van der Waals surface area contributed by atoms with Gasteiger partial charge in [-0.05, 0) is 6.92 Å². The predicted octanol–water partition coefficient (Wildman–Crippen LogP) is -1.63. The van der Waals surface area contributed by atoms with Crippen LogP contribution < -0.4 is 11.2 Å². The maximum atomic E-state index is 11.3. The smallest absolute Gasteiger partial charge is 0.330 e. The Morgan fingerprint density at radius 3 is 2.89 bits per heavy atom. The zero-order valence-corrected chi connectivity index (χ0v) is 9.70. The van der Waals surface area contributed by atoms with Gasteiger partial charge in [0.2, 0.25) is 0 Å². The van der Waals surface area contributed by atoms with Gasteiger partial charge in [-0.3, -0.25) is 19.6 Å². The lowest BCUT2D eigenvalue weighted by atomic mass is 10.4. The van der Waals surface area contributed by atoms with E-state index in [9.17, 15) is 19.9 Å². The van der Waals surface area contributed by atoms with Crippen molar-refractivity contribution in [1.82, 2.24) is 14.8 Å². The molecule has 0 bridgehead atoms. The summed E-state index contributed by atoms with van der Waals surface area (Å²) in [5, 5.41) is 27.3. The number of aromatic amines is 1. The van der Waals surface area contributed by atoms with E-state index in [2.05, 4.69) is 4.98 Å².